The minimum Gasteiger partial charge on any atom is -0.394 e. The fourth-order valence-electron chi connectivity index (χ4n) is 1.19. The van der Waals surface area contributed by atoms with E-state index < -0.39 is 0 Å². The summed E-state index contributed by atoms with van der Waals surface area (Å²) in [5.41, 5.74) is 11.3. The molecule has 0 radical (unpaired) electrons. The smallest absolute Gasteiger partial charge is 0.0483 e. The van der Waals surface area contributed by atoms with Gasteiger partial charge in [0, 0.05) is 18.2 Å². The summed E-state index contributed by atoms with van der Waals surface area (Å²) in [7, 11) is 0. The van der Waals surface area contributed by atoms with Gasteiger partial charge in [-0.25, -0.2) is 0 Å². The minimum atomic E-state index is -0.167. The predicted octanol–water partition coefficient (Wildman–Crippen LogP) is 0.602. The molecule has 12 heavy (non-hydrogen) atoms. The molecule has 0 aromatic rings. The van der Waals surface area contributed by atoms with E-state index in [1.807, 2.05) is 0 Å². The predicted molar refractivity (Wildman–Crippen MR) is 51.8 cm³/mol. The summed E-state index contributed by atoms with van der Waals surface area (Å²) in [6.07, 6.45) is 4.63. The maximum absolute atomic E-state index is 8.06. The third-order valence-corrected chi connectivity index (χ3v) is 1.87. The van der Waals surface area contributed by atoms with E-state index in [-0.39, 0.29) is 18.2 Å². The first-order chi connectivity index (χ1) is 5.54. The van der Waals surface area contributed by atoms with Crippen molar-refractivity contribution in [2.24, 2.45) is 11.5 Å². The summed E-state index contributed by atoms with van der Waals surface area (Å²) in [4.78, 5) is 0. The van der Waals surface area contributed by atoms with Crippen molar-refractivity contribution in [3.63, 3.8) is 0 Å². The van der Waals surface area contributed by atoms with Gasteiger partial charge in [0.25, 0.3) is 0 Å². The Morgan fingerprint density at radius 3 is 1.50 bits per heavy atom. The van der Waals surface area contributed by atoms with Gasteiger partial charge in [-0.1, -0.05) is 12.8 Å². The molecule has 74 valence electrons. The zero-order valence-electron chi connectivity index (χ0n) is 8.16. The van der Waals surface area contributed by atoms with E-state index in [0.717, 1.165) is 12.8 Å². The Morgan fingerprint density at radius 1 is 1.08 bits per heavy atom. The molecule has 1 saturated carbocycles. The van der Waals surface area contributed by atoms with Gasteiger partial charge in [-0.2, -0.15) is 0 Å². The molecule has 2 unspecified atom stereocenters. The maximum Gasteiger partial charge on any atom is 0.0483 e. The second-order valence-corrected chi connectivity index (χ2v) is 3.71. The lowest BCUT2D eigenvalue weighted by atomic mass is 9.92. The van der Waals surface area contributed by atoms with Crippen LogP contribution in [0.15, 0.2) is 0 Å². The highest BCUT2D eigenvalue weighted by atomic mass is 16.3. The topological polar surface area (TPSA) is 72.3 Å². The second kappa shape index (κ2) is 6.40. The van der Waals surface area contributed by atoms with Gasteiger partial charge in [0.2, 0.25) is 0 Å². The molecule has 1 aliphatic carbocycles. The van der Waals surface area contributed by atoms with Crippen LogP contribution in [0.5, 0.6) is 0 Å². The van der Waals surface area contributed by atoms with Crippen LogP contribution in [0.3, 0.4) is 0 Å². The van der Waals surface area contributed by atoms with Gasteiger partial charge < -0.3 is 16.6 Å². The fraction of sp³-hybridized carbons (Fsp3) is 1.00. The number of hydrogen-bond donors (Lipinski definition) is 3. The van der Waals surface area contributed by atoms with E-state index in [2.05, 4.69) is 0 Å². The lowest BCUT2D eigenvalue weighted by molar-refractivity contribution is 0.216. The van der Waals surface area contributed by atoms with Crippen LogP contribution < -0.4 is 11.5 Å². The first kappa shape index (κ1) is 11.9. The second-order valence-electron chi connectivity index (χ2n) is 3.71. The van der Waals surface area contributed by atoms with Crippen LogP contribution in [-0.2, 0) is 0 Å². The van der Waals surface area contributed by atoms with Gasteiger partial charge in [-0.3, -0.25) is 0 Å². The first-order valence-corrected chi connectivity index (χ1v) is 4.73. The monoisotopic (exact) mass is 174 g/mol. The Hall–Kier alpha value is -0.120. The van der Waals surface area contributed by atoms with Gasteiger partial charge >= 0.3 is 0 Å². The molecule has 2 atom stereocenters. The highest BCUT2D eigenvalue weighted by Crippen LogP contribution is 2.14. The number of nitrogens with two attached hydrogens (primary N) is 2. The van der Waals surface area contributed by atoms with Crippen molar-refractivity contribution in [3.05, 3.63) is 0 Å². The SMILES string of the molecule is CC(C)O.NC1CCCCC1N. The summed E-state index contributed by atoms with van der Waals surface area (Å²) >= 11 is 0. The Labute approximate surface area is 75.1 Å². The molecule has 1 rings (SSSR count). The minimum absolute atomic E-state index is 0.167. The van der Waals surface area contributed by atoms with E-state index >= 15 is 0 Å². The Balaban J connectivity index is 0.000000261. The van der Waals surface area contributed by atoms with Crippen molar-refractivity contribution in [1.29, 1.82) is 0 Å². The highest BCUT2D eigenvalue weighted by Gasteiger charge is 2.16. The Bertz CT molecular complexity index is 93.9. The quantitative estimate of drug-likeness (QED) is 0.503. The maximum atomic E-state index is 8.06. The van der Waals surface area contributed by atoms with Crippen molar-refractivity contribution in [1.82, 2.24) is 0 Å². The summed E-state index contributed by atoms with van der Waals surface area (Å²) in [6.45, 7) is 3.44. The molecule has 0 saturated heterocycles. The van der Waals surface area contributed by atoms with Crippen LogP contribution in [0.25, 0.3) is 0 Å². The highest BCUT2D eigenvalue weighted by molar-refractivity contribution is 4.79. The molecule has 0 aliphatic heterocycles. The molecule has 0 heterocycles. The van der Waals surface area contributed by atoms with Crippen LogP contribution in [-0.4, -0.2) is 23.3 Å². The summed E-state index contributed by atoms with van der Waals surface area (Å²) in [6, 6.07) is 0.562. The molecule has 0 amide bonds. The van der Waals surface area contributed by atoms with E-state index in [1.165, 1.54) is 12.8 Å². The summed E-state index contributed by atoms with van der Waals surface area (Å²) < 4.78 is 0. The van der Waals surface area contributed by atoms with E-state index in [0.29, 0.717) is 0 Å². The van der Waals surface area contributed by atoms with Crippen LogP contribution in [0.2, 0.25) is 0 Å². The summed E-state index contributed by atoms with van der Waals surface area (Å²) in [5.74, 6) is 0. The van der Waals surface area contributed by atoms with Gasteiger partial charge in [0.15, 0.2) is 0 Å². The molecule has 0 aromatic heterocycles. The number of aliphatic hydroxyl groups excluding tert-OH is 1. The number of hydrogen-bond acceptors (Lipinski definition) is 3. The van der Waals surface area contributed by atoms with Crippen molar-refractivity contribution in [2.75, 3.05) is 0 Å². The van der Waals surface area contributed by atoms with Crippen LogP contribution in [0, 0.1) is 0 Å². The van der Waals surface area contributed by atoms with Crippen LogP contribution in [0.1, 0.15) is 39.5 Å². The largest absolute Gasteiger partial charge is 0.394 e. The fourth-order valence-corrected chi connectivity index (χ4v) is 1.19. The van der Waals surface area contributed by atoms with Crippen molar-refractivity contribution < 1.29 is 5.11 Å². The van der Waals surface area contributed by atoms with Gasteiger partial charge in [0.1, 0.15) is 0 Å². The molecule has 0 spiro atoms. The molecule has 5 N–H and O–H groups in total. The first-order valence-electron chi connectivity index (χ1n) is 4.73. The third kappa shape index (κ3) is 6.58. The molecular formula is C9H22N2O. The Morgan fingerprint density at radius 2 is 1.33 bits per heavy atom. The van der Waals surface area contributed by atoms with Gasteiger partial charge in [-0.15, -0.1) is 0 Å². The van der Waals surface area contributed by atoms with Gasteiger partial charge in [0.05, 0.1) is 0 Å². The van der Waals surface area contributed by atoms with Crippen molar-refractivity contribution in [3.8, 4) is 0 Å². The average Bonchev–Trinajstić information content (AvgIpc) is 1.94. The average molecular weight is 174 g/mol. The molecule has 3 nitrogen and oxygen atoms in total. The lowest BCUT2D eigenvalue weighted by Gasteiger charge is -2.24. The zero-order chi connectivity index (χ0) is 9.56. The third-order valence-electron chi connectivity index (χ3n) is 1.87. The van der Waals surface area contributed by atoms with E-state index in [4.69, 9.17) is 16.6 Å². The van der Waals surface area contributed by atoms with Crippen LogP contribution in [0.4, 0.5) is 0 Å². The zero-order valence-corrected chi connectivity index (χ0v) is 8.16. The van der Waals surface area contributed by atoms with E-state index in [1.54, 1.807) is 13.8 Å². The summed E-state index contributed by atoms with van der Waals surface area (Å²) in [5, 5.41) is 8.06. The molecule has 1 fully saturated rings. The lowest BCUT2D eigenvalue weighted by Crippen LogP contribution is -2.43. The Kier molecular flexibility index (Phi) is 6.34. The number of rotatable bonds is 0. The number of aliphatic hydroxyl groups is 1. The van der Waals surface area contributed by atoms with Gasteiger partial charge in [-0.05, 0) is 26.7 Å². The molecule has 0 aromatic carbocycles. The normalized spacial score (nSPS) is 29.5. The molecular weight excluding hydrogens is 152 g/mol. The van der Waals surface area contributed by atoms with E-state index in [9.17, 15) is 0 Å². The van der Waals surface area contributed by atoms with Crippen LogP contribution >= 0.6 is 0 Å². The molecule has 3 heteroatoms. The van der Waals surface area contributed by atoms with Crippen molar-refractivity contribution >= 4 is 0 Å². The molecule has 0 bridgehead atoms. The van der Waals surface area contributed by atoms with Crippen molar-refractivity contribution in [2.45, 2.75) is 57.7 Å². The standard InChI is InChI=1S/C6H14N2.C3H8O/c7-5-3-1-2-4-6(5)8;1-3(2)4/h5-6H,1-4,7-8H2;3-4H,1-2H3. The molecule has 1 aliphatic rings.